The van der Waals surface area contributed by atoms with E-state index in [4.69, 9.17) is 21.1 Å². The molecule has 0 bridgehead atoms. The molecule has 0 heterocycles. The Labute approximate surface area is 119 Å². The second-order valence-corrected chi connectivity index (χ2v) is 4.43. The molecule has 0 saturated heterocycles. The quantitative estimate of drug-likeness (QED) is 0.689. The van der Waals surface area contributed by atoms with Crippen LogP contribution in [-0.2, 0) is 0 Å². The maximum Gasteiger partial charge on any atom is 0.179 e. The number of hydrogen-bond acceptors (Lipinski definition) is 4. The number of nitrogens with zero attached hydrogens (tertiary/aromatic N) is 1. The number of rotatable bonds is 8. The van der Waals surface area contributed by atoms with Crippen molar-refractivity contribution in [1.29, 1.82) is 0 Å². The van der Waals surface area contributed by atoms with Gasteiger partial charge in [-0.2, -0.15) is 0 Å². The van der Waals surface area contributed by atoms with Gasteiger partial charge in [0.25, 0.3) is 0 Å². The summed E-state index contributed by atoms with van der Waals surface area (Å²) in [6, 6.07) is 3.19. The molecule has 0 spiro atoms. The average molecular weight is 286 g/mol. The fourth-order valence-electron chi connectivity index (χ4n) is 1.76. The second-order valence-electron chi connectivity index (χ2n) is 4.03. The zero-order chi connectivity index (χ0) is 14.3. The molecule has 19 heavy (non-hydrogen) atoms. The minimum absolute atomic E-state index is 0.390. The van der Waals surface area contributed by atoms with Crippen molar-refractivity contribution in [1.82, 2.24) is 4.90 Å². The molecule has 0 amide bonds. The molecule has 0 atom stereocenters. The van der Waals surface area contributed by atoms with Gasteiger partial charge in [0.2, 0.25) is 0 Å². The van der Waals surface area contributed by atoms with Crippen LogP contribution in [-0.4, -0.2) is 44.5 Å². The SMILES string of the molecule is CCN(CC)CCOc1c(Cl)cc(C=O)cc1OC. The first kappa shape index (κ1) is 15.8. The van der Waals surface area contributed by atoms with E-state index in [0.29, 0.717) is 28.7 Å². The lowest BCUT2D eigenvalue weighted by Gasteiger charge is -2.19. The van der Waals surface area contributed by atoms with E-state index in [-0.39, 0.29) is 0 Å². The predicted molar refractivity (Wildman–Crippen MR) is 76.7 cm³/mol. The number of benzene rings is 1. The zero-order valence-corrected chi connectivity index (χ0v) is 12.4. The number of likely N-dealkylation sites (N-methyl/N-ethyl adjacent to an activating group) is 1. The van der Waals surface area contributed by atoms with E-state index in [0.717, 1.165) is 25.9 Å². The van der Waals surface area contributed by atoms with Gasteiger partial charge < -0.3 is 14.4 Å². The van der Waals surface area contributed by atoms with Gasteiger partial charge in [-0.25, -0.2) is 0 Å². The lowest BCUT2D eigenvalue weighted by molar-refractivity contribution is 0.112. The summed E-state index contributed by atoms with van der Waals surface area (Å²) in [4.78, 5) is 13.0. The van der Waals surface area contributed by atoms with E-state index >= 15 is 0 Å². The van der Waals surface area contributed by atoms with Crippen molar-refractivity contribution in [3.63, 3.8) is 0 Å². The van der Waals surface area contributed by atoms with E-state index in [9.17, 15) is 4.79 Å². The topological polar surface area (TPSA) is 38.8 Å². The van der Waals surface area contributed by atoms with Crippen LogP contribution in [0.2, 0.25) is 5.02 Å². The highest BCUT2D eigenvalue weighted by molar-refractivity contribution is 6.32. The fraction of sp³-hybridized carbons (Fsp3) is 0.500. The van der Waals surface area contributed by atoms with Gasteiger partial charge in [-0.1, -0.05) is 25.4 Å². The number of hydrogen-bond donors (Lipinski definition) is 0. The number of carbonyl (C=O) groups is 1. The van der Waals surface area contributed by atoms with Crippen molar-refractivity contribution in [2.45, 2.75) is 13.8 Å². The summed E-state index contributed by atoms with van der Waals surface area (Å²) in [5, 5.41) is 0.390. The predicted octanol–water partition coefficient (Wildman–Crippen LogP) is 2.88. The van der Waals surface area contributed by atoms with Crippen molar-refractivity contribution in [3.05, 3.63) is 22.7 Å². The Bertz CT molecular complexity index is 419. The first-order chi connectivity index (χ1) is 9.15. The molecule has 0 saturated carbocycles. The number of ether oxygens (including phenoxy) is 2. The minimum Gasteiger partial charge on any atom is -0.493 e. The van der Waals surface area contributed by atoms with Crippen LogP contribution in [0.1, 0.15) is 24.2 Å². The average Bonchev–Trinajstić information content (AvgIpc) is 2.44. The molecule has 0 unspecified atom stereocenters. The Morgan fingerprint density at radius 1 is 1.32 bits per heavy atom. The molecule has 1 aromatic rings. The van der Waals surface area contributed by atoms with Gasteiger partial charge in [-0.3, -0.25) is 4.79 Å². The normalized spacial score (nSPS) is 10.6. The molecule has 0 aromatic heterocycles. The Morgan fingerprint density at radius 2 is 2.00 bits per heavy atom. The molecular formula is C14H20ClNO3. The second kappa shape index (κ2) is 8.02. The molecule has 5 heteroatoms. The summed E-state index contributed by atoms with van der Waals surface area (Å²) in [5.74, 6) is 0.969. The molecule has 0 aliphatic carbocycles. The van der Waals surface area contributed by atoms with Crippen molar-refractivity contribution < 1.29 is 14.3 Å². The first-order valence-corrected chi connectivity index (χ1v) is 6.71. The highest BCUT2D eigenvalue weighted by Gasteiger charge is 2.12. The minimum atomic E-state index is 0.390. The number of carbonyl (C=O) groups excluding carboxylic acids is 1. The summed E-state index contributed by atoms with van der Waals surface area (Å²) < 4.78 is 10.9. The van der Waals surface area contributed by atoms with Crippen LogP contribution >= 0.6 is 11.6 Å². The summed E-state index contributed by atoms with van der Waals surface area (Å²) in [5.41, 5.74) is 0.470. The third kappa shape index (κ3) is 4.40. The van der Waals surface area contributed by atoms with Crippen LogP contribution in [0.5, 0.6) is 11.5 Å². The van der Waals surface area contributed by atoms with E-state index < -0.39 is 0 Å². The lowest BCUT2D eigenvalue weighted by atomic mass is 10.2. The number of halogens is 1. The van der Waals surface area contributed by atoms with E-state index in [1.807, 2.05) is 0 Å². The molecule has 0 fully saturated rings. The third-order valence-corrected chi connectivity index (χ3v) is 3.22. The summed E-state index contributed by atoms with van der Waals surface area (Å²) in [6.45, 7) is 7.52. The summed E-state index contributed by atoms with van der Waals surface area (Å²) in [7, 11) is 1.53. The summed E-state index contributed by atoms with van der Waals surface area (Å²) in [6.07, 6.45) is 0.730. The van der Waals surface area contributed by atoms with Crippen molar-refractivity contribution in [2.24, 2.45) is 0 Å². The van der Waals surface area contributed by atoms with Gasteiger partial charge in [-0.05, 0) is 25.2 Å². The van der Waals surface area contributed by atoms with Crippen LogP contribution in [0.3, 0.4) is 0 Å². The molecule has 106 valence electrons. The zero-order valence-electron chi connectivity index (χ0n) is 11.6. The van der Waals surface area contributed by atoms with Crippen molar-refractivity contribution in [3.8, 4) is 11.5 Å². The van der Waals surface area contributed by atoms with Crippen LogP contribution in [0.25, 0.3) is 0 Å². The molecule has 0 N–H and O–H groups in total. The van der Waals surface area contributed by atoms with Gasteiger partial charge in [0.05, 0.1) is 12.1 Å². The van der Waals surface area contributed by atoms with E-state index in [1.165, 1.54) is 7.11 Å². The van der Waals surface area contributed by atoms with Gasteiger partial charge in [0.15, 0.2) is 11.5 Å². The summed E-state index contributed by atoms with van der Waals surface area (Å²) >= 11 is 6.10. The monoisotopic (exact) mass is 285 g/mol. The Morgan fingerprint density at radius 3 is 2.53 bits per heavy atom. The highest BCUT2D eigenvalue weighted by atomic mass is 35.5. The molecule has 4 nitrogen and oxygen atoms in total. The lowest BCUT2D eigenvalue weighted by Crippen LogP contribution is -2.28. The van der Waals surface area contributed by atoms with Gasteiger partial charge >= 0.3 is 0 Å². The van der Waals surface area contributed by atoms with E-state index in [2.05, 4.69) is 18.7 Å². The Kier molecular flexibility index (Phi) is 6.67. The van der Waals surface area contributed by atoms with Gasteiger partial charge in [-0.15, -0.1) is 0 Å². The number of methoxy groups -OCH3 is 1. The van der Waals surface area contributed by atoms with Gasteiger partial charge in [0, 0.05) is 12.1 Å². The fourth-order valence-corrected chi connectivity index (χ4v) is 2.04. The Balaban J connectivity index is 2.74. The molecule has 1 aromatic carbocycles. The van der Waals surface area contributed by atoms with Crippen molar-refractivity contribution in [2.75, 3.05) is 33.4 Å². The van der Waals surface area contributed by atoms with E-state index in [1.54, 1.807) is 12.1 Å². The number of aldehydes is 1. The van der Waals surface area contributed by atoms with Crippen LogP contribution in [0.4, 0.5) is 0 Å². The maximum atomic E-state index is 10.8. The maximum absolute atomic E-state index is 10.8. The smallest absolute Gasteiger partial charge is 0.179 e. The first-order valence-electron chi connectivity index (χ1n) is 6.34. The largest absolute Gasteiger partial charge is 0.493 e. The van der Waals surface area contributed by atoms with Crippen LogP contribution < -0.4 is 9.47 Å². The van der Waals surface area contributed by atoms with Crippen LogP contribution in [0.15, 0.2) is 12.1 Å². The molecule has 1 rings (SSSR count). The molecule has 0 radical (unpaired) electrons. The molecule has 0 aliphatic rings. The van der Waals surface area contributed by atoms with Gasteiger partial charge in [0.1, 0.15) is 12.9 Å². The van der Waals surface area contributed by atoms with Crippen molar-refractivity contribution >= 4 is 17.9 Å². The van der Waals surface area contributed by atoms with Crippen LogP contribution in [0, 0.1) is 0 Å². The Hall–Kier alpha value is -1.26. The highest BCUT2D eigenvalue weighted by Crippen LogP contribution is 2.35. The standard InChI is InChI=1S/C14H20ClNO3/c1-4-16(5-2)6-7-19-14-12(15)8-11(10-17)9-13(14)18-3/h8-10H,4-7H2,1-3H3. The molecule has 0 aliphatic heterocycles. The third-order valence-electron chi connectivity index (χ3n) is 2.94. The molecular weight excluding hydrogens is 266 g/mol.